The minimum Gasteiger partial charge on any atom is -0.468 e. The Morgan fingerprint density at radius 1 is 1.00 bits per heavy atom. The van der Waals surface area contributed by atoms with Crippen LogP contribution in [-0.4, -0.2) is 69.7 Å². The van der Waals surface area contributed by atoms with Crippen LogP contribution in [0.3, 0.4) is 0 Å². The number of hydrogen-bond acceptors (Lipinski definition) is 6. The maximum absolute atomic E-state index is 12.8. The van der Waals surface area contributed by atoms with Crippen LogP contribution < -0.4 is 5.32 Å². The number of nitrogens with one attached hydrogen (secondary N) is 1. The lowest BCUT2D eigenvalue weighted by Gasteiger charge is -2.37. The molecule has 1 saturated heterocycles. The molecule has 0 unspecified atom stereocenters. The summed E-state index contributed by atoms with van der Waals surface area (Å²) in [5, 5.41) is 13.0. The van der Waals surface area contributed by atoms with E-state index in [-0.39, 0.29) is 6.04 Å². The third-order valence-corrected chi connectivity index (χ3v) is 8.15. The van der Waals surface area contributed by atoms with Gasteiger partial charge in [0.2, 0.25) is 0 Å². The summed E-state index contributed by atoms with van der Waals surface area (Å²) in [6.07, 6.45) is 3.56. The molecule has 3 aromatic carbocycles. The molecule has 9 nitrogen and oxygen atoms in total. The summed E-state index contributed by atoms with van der Waals surface area (Å²) in [6, 6.07) is 29.9. The number of carbonyl (C=O) groups is 2. The highest BCUT2D eigenvalue weighted by molar-refractivity contribution is 5.76. The fraction of sp³-hybridized carbons (Fsp3) is 0.324. The zero-order valence-corrected chi connectivity index (χ0v) is 24.7. The molecule has 43 heavy (non-hydrogen) atoms. The summed E-state index contributed by atoms with van der Waals surface area (Å²) < 4.78 is 12.9. The van der Waals surface area contributed by atoms with E-state index in [2.05, 4.69) is 46.3 Å². The van der Waals surface area contributed by atoms with Crippen LogP contribution in [0.4, 0.5) is 4.79 Å². The predicted molar refractivity (Wildman–Crippen MR) is 163 cm³/mol. The molecule has 9 heteroatoms. The van der Waals surface area contributed by atoms with Crippen LogP contribution in [0.25, 0.3) is 0 Å². The van der Waals surface area contributed by atoms with Crippen molar-refractivity contribution in [1.29, 1.82) is 0 Å². The molecular formula is C34H38N4O5. The van der Waals surface area contributed by atoms with Gasteiger partial charge in [-0.1, -0.05) is 91.0 Å². The molecule has 0 radical (unpaired) electrons. The molecular weight excluding hydrogens is 544 g/mol. The average Bonchev–Trinajstić information content (AvgIpc) is 3.61. The van der Waals surface area contributed by atoms with Crippen molar-refractivity contribution >= 4 is 12.1 Å². The summed E-state index contributed by atoms with van der Waals surface area (Å²) in [6.45, 7) is 4.18. The average molecular weight is 583 g/mol. The SMILES string of the molecule is COC(=O)[C@H](Cc1cn(C(c2ccccc2)(c2ccccc2)c2ccccc2)cn1)NCC[C@H]1COC(C)(C)N1C(=O)O. The molecule has 0 saturated carbocycles. The van der Waals surface area contributed by atoms with Crippen molar-refractivity contribution in [3.8, 4) is 0 Å². The smallest absolute Gasteiger partial charge is 0.409 e. The van der Waals surface area contributed by atoms with Gasteiger partial charge in [0.05, 0.1) is 31.8 Å². The normalized spacial score (nSPS) is 17.0. The lowest BCUT2D eigenvalue weighted by atomic mass is 9.77. The third-order valence-electron chi connectivity index (χ3n) is 8.15. The quantitative estimate of drug-likeness (QED) is 0.191. The standard InChI is InChI=1S/C34H38N4O5/c1-33(2)38(32(40)41)29(23-43-33)19-20-35-30(31(39)42-3)21-28-22-37(24-36-28)34(25-13-7-4-8-14-25,26-15-9-5-10-16-26)27-17-11-6-12-18-27/h4-18,22,24,29-30,35H,19-21,23H2,1-3H3,(H,40,41)/t29-,30-/m0/s1. The maximum Gasteiger partial charge on any atom is 0.409 e. The molecule has 2 heterocycles. The van der Waals surface area contributed by atoms with Crippen molar-refractivity contribution in [2.75, 3.05) is 20.3 Å². The fourth-order valence-corrected chi connectivity index (χ4v) is 6.13. The Bertz CT molecular complexity index is 1410. The summed E-state index contributed by atoms with van der Waals surface area (Å²) in [5.41, 5.74) is 2.33. The van der Waals surface area contributed by atoms with Gasteiger partial charge in [0, 0.05) is 12.6 Å². The molecule has 0 aliphatic carbocycles. The van der Waals surface area contributed by atoms with E-state index in [0.29, 0.717) is 31.7 Å². The summed E-state index contributed by atoms with van der Waals surface area (Å²) in [5.74, 6) is -0.409. The lowest BCUT2D eigenvalue weighted by molar-refractivity contribution is -0.143. The van der Waals surface area contributed by atoms with E-state index >= 15 is 0 Å². The minimum absolute atomic E-state index is 0.295. The molecule has 1 fully saturated rings. The highest BCUT2D eigenvalue weighted by atomic mass is 16.5. The van der Waals surface area contributed by atoms with E-state index in [9.17, 15) is 14.7 Å². The second-order valence-electron chi connectivity index (χ2n) is 11.2. The third kappa shape index (κ3) is 6.04. The largest absolute Gasteiger partial charge is 0.468 e. The first-order valence-electron chi connectivity index (χ1n) is 14.4. The molecule has 224 valence electrons. The van der Waals surface area contributed by atoms with Crippen molar-refractivity contribution in [1.82, 2.24) is 19.8 Å². The number of methoxy groups -OCH3 is 1. The van der Waals surface area contributed by atoms with Gasteiger partial charge >= 0.3 is 12.1 Å². The van der Waals surface area contributed by atoms with Crippen LogP contribution in [-0.2, 0) is 26.2 Å². The number of imidazole rings is 1. The van der Waals surface area contributed by atoms with Crippen LogP contribution in [0.2, 0.25) is 0 Å². The van der Waals surface area contributed by atoms with Gasteiger partial charge in [0.25, 0.3) is 0 Å². The van der Waals surface area contributed by atoms with E-state index in [1.54, 1.807) is 13.8 Å². The van der Waals surface area contributed by atoms with Crippen molar-refractivity contribution < 1.29 is 24.2 Å². The van der Waals surface area contributed by atoms with Gasteiger partial charge < -0.3 is 24.5 Å². The predicted octanol–water partition coefficient (Wildman–Crippen LogP) is 4.90. The molecule has 1 aromatic heterocycles. The molecule has 0 bridgehead atoms. The number of hydrogen-bond donors (Lipinski definition) is 2. The number of carbonyl (C=O) groups excluding carboxylic acids is 1. The molecule has 0 spiro atoms. The number of esters is 1. The Balaban J connectivity index is 1.44. The van der Waals surface area contributed by atoms with Gasteiger partial charge in [0.1, 0.15) is 17.3 Å². The van der Waals surface area contributed by atoms with Gasteiger partial charge in [0.15, 0.2) is 0 Å². The summed E-state index contributed by atoms with van der Waals surface area (Å²) in [7, 11) is 1.36. The number of ether oxygens (including phenoxy) is 2. The first-order chi connectivity index (χ1) is 20.8. The number of aromatic nitrogens is 2. The number of nitrogens with zero attached hydrogens (tertiary/aromatic N) is 3. The molecule has 1 aliphatic rings. The minimum atomic E-state index is -1.03. The fourth-order valence-electron chi connectivity index (χ4n) is 6.13. The Kier molecular flexibility index (Phi) is 8.94. The van der Waals surface area contributed by atoms with Crippen LogP contribution >= 0.6 is 0 Å². The van der Waals surface area contributed by atoms with E-state index < -0.39 is 29.4 Å². The monoisotopic (exact) mass is 582 g/mol. The van der Waals surface area contributed by atoms with E-state index in [0.717, 1.165) is 16.7 Å². The van der Waals surface area contributed by atoms with Crippen LogP contribution in [0.15, 0.2) is 104 Å². The van der Waals surface area contributed by atoms with Crippen molar-refractivity contribution in [2.24, 2.45) is 0 Å². The molecule has 5 rings (SSSR count). The number of rotatable bonds is 11. The Morgan fingerprint density at radius 3 is 2.02 bits per heavy atom. The maximum atomic E-state index is 12.8. The van der Waals surface area contributed by atoms with Crippen molar-refractivity contribution in [3.63, 3.8) is 0 Å². The van der Waals surface area contributed by atoms with E-state index in [1.807, 2.05) is 67.1 Å². The molecule has 2 atom stereocenters. The molecule has 1 amide bonds. The second kappa shape index (κ2) is 12.8. The number of carboxylic acid groups (broad SMARTS) is 1. The topological polar surface area (TPSA) is 106 Å². The van der Waals surface area contributed by atoms with Gasteiger partial charge in [-0.2, -0.15) is 0 Å². The van der Waals surface area contributed by atoms with E-state index in [4.69, 9.17) is 14.5 Å². The molecule has 1 aliphatic heterocycles. The van der Waals surface area contributed by atoms with Crippen LogP contribution in [0, 0.1) is 0 Å². The number of amides is 1. The van der Waals surface area contributed by atoms with Gasteiger partial charge in [-0.05, 0) is 43.5 Å². The summed E-state index contributed by atoms with van der Waals surface area (Å²) >= 11 is 0. The van der Waals surface area contributed by atoms with Crippen LogP contribution in [0.5, 0.6) is 0 Å². The van der Waals surface area contributed by atoms with Gasteiger partial charge in [-0.25, -0.2) is 9.78 Å². The summed E-state index contributed by atoms with van der Waals surface area (Å²) in [4.78, 5) is 30.8. The van der Waals surface area contributed by atoms with Gasteiger partial charge in [-0.15, -0.1) is 0 Å². The first kappa shape index (κ1) is 30.0. The van der Waals surface area contributed by atoms with Crippen LogP contribution in [0.1, 0.15) is 42.7 Å². The molecule has 4 aromatic rings. The van der Waals surface area contributed by atoms with E-state index in [1.165, 1.54) is 12.0 Å². The van der Waals surface area contributed by atoms with Crippen molar-refractivity contribution in [3.05, 3.63) is 126 Å². The Morgan fingerprint density at radius 2 is 1.53 bits per heavy atom. The second-order valence-corrected chi connectivity index (χ2v) is 11.2. The number of benzene rings is 3. The Labute approximate surface area is 252 Å². The highest BCUT2D eigenvalue weighted by Crippen LogP contribution is 2.40. The zero-order chi connectivity index (χ0) is 30.5. The lowest BCUT2D eigenvalue weighted by Crippen LogP contribution is -2.48. The highest BCUT2D eigenvalue weighted by Gasteiger charge is 2.44. The Hall–Kier alpha value is -4.47. The van der Waals surface area contributed by atoms with Crippen molar-refractivity contribution in [2.45, 2.75) is 50.0 Å². The molecule has 2 N–H and O–H groups in total. The van der Waals surface area contributed by atoms with Gasteiger partial charge in [-0.3, -0.25) is 9.69 Å². The first-order valence-corrected chi connectivity index (χ1v) is 14.4. The zero-order valence-electron chi connectivity index (χ0n) is 24.7.